The minimum Gasteiger partial charge on any atom is -0.381 e. The third kappa shape index (κ3) is 2.04. The van der Waals surface area contributed by atoms with Crippen LogP contribution in [0.4, 0.5) is 0 Å². The summed E-state index contributed by atoms with van der Waals surface area (Å²) in [7, 11) is 1.83. The van der Waals surface area contributed by atoms with Crippen molar-refractivity contribution < 1.29 is 14.3 Å². The molecule has 0 aromatic rings. The predicted molar refractivity (Wildman–Crippen MR) is 87.9 cm³/mol. The Bertz CT molecular complexity index is 541. The molecule has 0 aliphatic heterocycles. The number of fused-ring (bicyclic) bond motifs is 5. The first kappa shape index (κ1) is 15.8. The molecule has 3 nitrogen and oxygen atoms in total. The lowest BCUT2D eigenvalue weighted by Crippen LogP contribution is -2.58. The minimum absolute atomic E-state index is 0.106. The quantitative estimate of drug-likeness (QED) is 0.739. The fraction of sp³-hybridized carbons (Fsp3) is 0.900. The van der Waals surface area contributed by atoms with E-state index in [0.717, 1.165) is 51.4 Å². The first-order valence-corrected chi connectivity index (χ1v) is 9.48. The number of methoxy groups -OCH3 is 1. The van der Waals surface area contributed by atoms with Crippen molar-refractivity contribution in [3.05, 3.63) is 0 Å². The molecule has 2 unspecified atom stereocenters. The van der Waals surface area contributed by atoms with Crippen molar-refractivity contribution in [2.24, 2.45) is 34.5 Å². The zero-order chi connectivity index (χ0) is 16.4. The van der Waals surface area contributed by atoms with Crippen LogP contribution >= 0.6 is 0 Å². The lowest BCUT2D eigenvalue weighted by atomic mass is 9.44. The normalized spacial score (nSPS) is 52.7. The molecule has 4 aliphatic carbocycles. The molecule has 0 bridgehead atoms. The number of hydrogen-bond acceptors (Lipinski definition) is 3. The third-order valence-electron chi connectivity index (χ3n) is 8.49. The Labute approximate surface area is 139 Å². The highest BCUT2D eigenvalue weighted by Crippen LogP contribution is 2.65. The van der Waals surface area contributed by atoms with Crippen LogP contribution in [0.25, 0.3) is 0 Å². The van der Waals surface area contributed by atoms with Gasteiger partial charge in [0.1, 0.15) is 11.6 Å². The van der Waals surface area contributed by atoms with E-state index < -0.39 is 0 Å². The van der Waals surface area contributed by atoms with Crippen molar-refractivity contribution in [3.63, 3.8) is 0 Å². The van der Waals surface area contributed by atoms with Gasteiger partial charge in [-0.1, -0.05) is 13.8 Å². The van der Waals surface area contributed by atoms with Gasteiger partial charge in [0.2, 0.25) is 0 Å². The Kier molecular flexibility index (Phi) is 3.54. The van der Waals surface area contributed by atoms with Crippen LogP contribution in [-0.2, 0) is 14.3 Å². The third-order valence-corrected chi connectivity index (χ3v) is 8.49. The van der Waals surface area contributed by atoms with Gasteiger partial charge in [-0.2, -0.15) is 0 Å². The highest BCUT2D eigenvalue weighted by atomic mass is 16.5. The maximum absolute atomic E-state index is 12.5. The molecule has 4 rings (SSSR count). The average molecular weight is 318 g/mol. The molecule has 3 heteroatoms. The van der Waals surface area contributed by atoms with Gasteiger partial charge in [0.25, 0.3) is 0 Å². The molecule has 4 saturated carbocycles. The van der Waals surface area contributed by atoms with Crippen molar-refractivity contribution in [2.75, 3.05) is 7.11 Å². The van der Waals surface area contributed by atoms with Gasteiger partial charge in [0, 0.05) is 31.8 Å². The van der Waals surface area contributed by atoms with E-state index >= 15 is 0 Å². The zero-order valence-corrected chi connectivity index (χ0v) is 14.8. The molecular formula is C20H30O3. The monoisotopic (exact) mass is 318 g/mol. The summed E-state index contributed by atoms with van der Waals surface area (Å²) >= 11 is 0. The van der Waals surface area contributed by atoms with Crippen molar-refractivity contribution in [1.29, 1.82) is 0 Å². The number of ketones is 2. The van der Waals surface area contributed by atoms with E-state index in [1.165, 1.54) is 0 Å². The van der Waals surface area contributed by atoms with Gasteiger partial charge >= 0.3 is 0 Å². The van der Waals surface area contributed by atoms with E-state index in [-0.39, 0.29) is 16.9 Å². The predicted octanol–water partition coefficient (Wildman–Crippen LogP) is 3.79. The average Bonchev–Trinajstić information content (AvgIpc) is 2.83. The molecule has 7 atom stereocenters. The molecular weight excluding hydrogens is 288 g/mol. The highest BCUT2D eigenvalue weighted by molar-refractivity contribution is 5.87. The second-order valence-electron chi connectivity index (χ2n) is 9.16. The number of hydrogen-bond donors (Lipinski definition) is 0. The summed E-state index contributed by atoms with van der Waals surface area (Å²) in [5.74, 6) is 3.05. The summed E-state index contributed by atoms with van der Waals surface area (Å²) in [5, 5.41) is 0. The molecule has 4 fully saturated rings. The van der Waals surface area contributed by atoms with Crippen LogP contribution in [0.15, 0.2) is 0 Å². The van der Waals surface area contributed by atoms with E-state index in [4.69, 9.17) is 4.74 Å². The first-order chi connectivity index (χ1) is 10.9. The molecule has 0 radical (unpaired) electrons. The second-order valence-corrected chi connectivity index (χ2v) is 9.16. The summed E-state index contributed by atoms with van der Waals surface area (Å²) in [6.45, 7) is 4.65. The Morgan fingerprint density at radius 2 is 1.83 bits per heavy atom. The Balaban J connectivity index is 1.72. The maximum Gasteiger partial charge on any atom is 0.139 e. The SMILES string of the molecule is COC1CC2CC(=O)CC[C@]2(C)[C@@H]2CC[C@]3(C)C(=O)CC[C@H]3[C@H]12. The van der Waals surface area contributed by atoms with Gasteiger partial charge in [-0.15, -0.1) is 0 Å². The van der Waals surface area contributed by atoms with Crippen LogP contribution in [-0.4, -0.2) is 24.8 Å². The van der Waals surface area contributed by atoms with Crippen LogP contribution in [0.2, 0.25) is 0 Å². The second kappa shape index (κ2) is 5.15. The van der Waals surface area contributed by atoms with Crippen LogP contribution in [0, 0.1) is 34.5 Å². The number of ether oxygens (including phenoxy) is 1. The molecule has 0 amide bonds. The number of carbonyl (C=O) groups excluding carboxylic acids is 2. The van der Waals surface area contributed by atoms with Crippen LogP contribution in [0.3, 0.4) is 0 Å². The van der Waals surface area contributed by atoms with Crippen molar-refractivity contribution >= 4 is 11.6 Å². The van der Waals surface area contributed by atoms with Gasteiger partial charge in [-0.3, -0.25) is 9.59 Å². The number of carbonyl (C=O) groups is 2. The number of Topliss-reactive ketones (excluding diaryl/α,β-unsaturated/α-hetero) is 2. The lowest BCUT2D eigenvalue weighted by molar-refractivity contribution is -0.172. The van der Waals surface area contributed by atoms with E-state index in [2.05, 4.69) is 13.8 Å². The van der Waals surface area contributed by atoms with Crippen molar-refractivity contribution in [2.45, 2.75) is 71.3 Å². The maximum atomic E-state index is 12.5. The first-order valence-electron chi connectivity index (χ1n) is 9.48. The highest BCUT2D eigenvalue weighted by Gasteiger charge is 2.62. The fourth-order valence-corrected chi connectivity index (χ4v) is 7.01. The van der Waals surface area contributed by atoms with E-state index in [0.29, 0.717) is 35.2 Å². The summed E-state index contributed by atoms with van der Waals surface area (Å²) < 4.78 is 5.96. The zero-order valence-electron chi connectivity index (χ0n) is 14.8. The van der Waals surface area contributed by atoms with Crippen LogP contribution in [0.1, 0.15) is 65.2 Å². The topological polar surface area (TPSA) is 43.4 Å². The van der Waals surface area contributed by atoms with Gasteiger partial charge in [-0.25, -0.2) is 0 Å². The molecule has 0 saturated heterocycles. The fourth-order valence-electron chi connectivity index (χ4n) is 7.01. The molecule has 0 heterocycles. The molecule has 4 aliphatic rings. The standard InChI is InChI=1S/C20H30O3/c1-19-8-6-13(21)10-12(19)11-16(23-3)18-14-4-5-17(22)20(14,2)9-7-15(18)19/h12,14-16,18H,4-11H2,1-3H3/t12?,14-,15+,16?,18-,19-,20-/m0/s1. The van der Waals surface area contributed by atoms with E-state index in [1.54, 1.807) is 0 Å². The Morgan fingerprint density at radius 3 is 2.57 bits per heavy atom. The van der Waals surface area contributed by atoms with Gasteiger partial charge in [0.15, 0.2) is 0 Å². The molecule has 0 aromatic heterocycles. The summed E-state index contributed by atoms with van der Waals surface area (Å²) in [4.78, 5) is 24.5. The van der Waals surface area contributed by atoms with E-state index in [1.807, 2.05) is 7.11 Å². The van der Waals surface area contributed by atoms with Gasteiger partial charge in [-0.05, 0) is 61.2 Å². The molecule has 23 heavy (non-hydrogen) atoms. The summed E-state index contributed by atoms with van der Waals surface area (Å²) in [5.41, 5.74) is 0.173. The lowest BCUT2D eigenvalue weighted by Gasteiger charge is -2.61. The molecule has 0 spiro atoms. The minimum atomic E-state index is -0.106. The smallest absolute Gasteiger partial charge is 0.139 e. The molecule has 128 valence electrons. The van der Waals surface area contributed by atoms with Crippen molar-refractivity contribution in [1.82, 2.24) is 0 Å². The van der Waals surface area contributed by atoms with Crippen molar-refractivity contribution in [3.8, 4) is 0 Å². The molecule has 0 N–H and O–H groups in total. The Hall–Kier alpha value is -0.700. The number of rotatable bonds is 1. The van der Waals surface area contributed by atoms with Crippen LogP contribution in [0.5, 0.6) is 0 Å². The summed E-state index contributed by atoms with van der Waals surface area (Å²) in [6, 6.07) is 0. The van der Waals surface area contributed by atoms with Gasteiger partial charge in [0.05, 0.1) is 6.10 Å². The summed E-state index contributed by atoms with van der Waals surface area (Å²) in [6.07, 6.45) is 7.81. The Morgan fingerprint density at radius 1 is 1.04 bits per heavy atom. The van der Waals surface area contributed by atoms with Crippen LogP contribution < -0.4 is 0 Å². The van der Waals surface area contributed by atoms with Gasteiger partial charge < -0.3 is 4.74 Å². The molecule has 0 aromatic carbocycles. The largest absolute Gasteiger partial charge is 0.381 e. The van der Waals surface area contributed by atoms with E-state index in [9.17, 15) is 9.59 Å².